The molecule has 0 aliphatic carbocycles. The van der Waals surface area contributed by atoms with E-state index < -0.39 is 11.6 Å². The lowest BCUT2D eigenvalue weighted by Gasteiger charge is -2.39. The lowest BCUT2D eigenvalue weighted by molar-refractivity contribution is -0.127. The van der Waals surface area contributed by atoms with Crippen molar-refractivity contribution in [2.45, 2.75) is 30.8 Å². The highest BCUT2D eigenvalue weighted by molar-refractivity contribution is 5.87. The number of nitrogens with zero attached hydrogens (tertiary/aromatic N) is 5. The number of anilines is 2. The van der Waals surface area contributed by atoms with E-state index in [1.54, 1.807) is 19.2 Å². The number of amides is 1. The molecule has 11 heteroatoms. The van der Waals surface area contributed by atoms with Gasteiger partial charge in [0, 0.05) is 13.1 Å². The van der Waals surface area contributed by atoms with E-state index in [2.05, 4.69) is 20.5 Å². The van der Waals surface area contributed by atoms with Crippen molar-refractivity contribution in [2.24, 2.45) is 10.9 Å². The fourth-order valence-corrected chi connectivity index (χ4v) is 3.72. The summed E-state index contributed by atoms with van der Waals surface area (Å²) in [5, 5.41) is 15.3. The van der Waals surface area contributed by atoms with Gasteiger partial charge in [0.1, 0.15) is 29.5 Å². The van der Waals surface area contributed by atoms with Gasteiger partial charge in [0.2, 0.25) is 5.91 Å². The Labute approximate surface area is 185 Å². The summed E-state index contributed by atoms with van der Waals surface area (Å²) >= 11 is 0. The number of carbonyl (C=O) groups excluding carboxylic acids is 1. The molecule has 168 valence electrons. The molecule has 1 aromatic carbocycles. The molecular weight excluding hydrogens is 412 g/mol. The highest BCUT2D eigenvalue weighted by atomic mass is 16.5. The van der Waals surface area contributed by atoms with Crippen LogP contribution in [0.1, 0.15) is 36.4 Å². The van der Waals surface area contributed by atoms with Crippen LogP contribution in [0.15, 0.2) is 35.8 Å². The molecular formula is C21H26N8O3. The quantitative estimate of drug-likeness (QED) is 0.513. The van der Waals surface area contributed by atoms with Gasteiger partial charge in [0.05, 0.1) is 25.2 Å². The van der Waals surface area contributed by atoms with Gasteiger partial charge in [-0.05, 0) is 37.0 Å². The number of nitrogens with two attached hydrogens (primary N) is 2. The van der Waals surface area contributed by atoms with Gasteiger partial charge in [-0.3, -0.25) is 4.79 Å². The van der Waals surface area contributed by atoms with Gasteiger partial charge < -0.3 is 26.4 Å². The molecule has 1 atom stereocenters. The van der Waals surface area contributed by atoms with Gasteiger partial charge in [-0.2, -0.15) is 10.2 Å². The van der Waals surface area contributed by atoms with E-state index in [-0.39, 0.29) is 23.8 Å². The predicted octanol–water partition coefficient (Wildman–Crippen LogP) is 1.25. The number of hydrogen-bond donors (Lipinski definition) is 3. The molecule has 1 aliphatic rings. The number of nitrogen functional groups attached to an aromatic ring is 1. The zero-order valence-corrected chi connectivity index (χ0v) is 17.8. The van der Waals surface area contributed by atoms with Crippen LogP contribution in [-0.2, 0) is 4.79 Å². The Kier molecular flexibility index (Phi) is 7.17. The summed E-state index contributed by atoms with van der Waals surface area (Å²) in [5.41, 5.74) is 12.2. The summed E-state index contributed by atoms with van der Waals surface area (Å²) in [5.74, 6) is 0.949. The maximum absolute atomic E-state index is 13.1. The first-order chi connectivity index (χ1) is 15.4. The maximum atomic E-state index is 13.1. The molecule has 1 fully saturated rings. The Morgan fingerprint density at radius 2 is 2.03 bits per heavy atom. The Balaban J connectivity index is 1.70. The van der Waals surface area contributed by atoms with E-state index in [9.17, 15) is 15.0 Å². The van der Waals surface area contributed by atoms with Gasteiger partial charge in [0.25, 0.3) is 0 Å². The van der Waals surface area contributed by atoms with Crippen molar-refractivity contribution in [2.75, 3.05) is 37.4 Å². The Hall–Kier alpha value is -3.78. The zero-order chi connectivity index (χ0) is 23.1. The number of carbonyl (C=O) groups is 1. The van der Waals surface area contributed by atoms with E-state index in [4.69, 9.17) is 16.2 Å². The summed E-state index contributed by atoms with van der Waals surface area (Å²) in [6.45, 7) is 0.921. The number of nitrogens with one attached hydrogen (secondary N) is 1. The van der Waals surface area contributed by atoms with Crippen molar-refractivity contribution in [3.63, 3.8) is 0 Å². The van der Waals surface area contributed by atoms with Crippen LogP contribution in [0.3, 0.4) is 0 Å². The van der Waals surface area contributed by atoms with Gasteiger partial charge >= 0.3 is 0 Å². The van der Waals surface area contributed by atoms with E-state index >= 15 is 0 Å². The number of piperidine rings is 1. The molecule has 11 nitrogen and oxygen atoms in total. The fourth-order valence-electron chi connectivity index (χ4n) is 3.72. The second-order valence-corrected chi connectivity index (χ2v) is 7.65. The summed E-state index contributed by atoms with van der Waals surface area (Å²) in [4.78, 5) is 33.7. The topological polar surface area (TPSA) is 173 Å². The van der Waals surface area contributed by atoms with Crippen molar-refractivity contribution in [3.05, 3.63) is 46.6 Å². The third-order valence-electron chi connectivity index (χ3n) is 5.71. The Morgan fingerprint density at radius 1 is 1.34 bits per heavy atom. The summed E-state index contributed by atoms with van der Waals surface area (Å²) in [6.07, 6.45) is 2.38. The average molecular weight is 438 g/mol. The largest absolute Gasteiger partial charge is 0.497 e. The van der Waals surface area contributed by atoms with Crippen LogP contribution in [0.2, 0.25) is 0 Å². The third-order valence-corrected chi connectivity index (χ3v) is 5.71. The maximum Gasteiger partial charge on any atom is 0.240 e. The molecule has 1 aliphatic heterocycles. The predicted molar refractivity (Wildman–Crippen MR) is 119 cm³/mol. The minimum absolute atomic E-state index is 0.0639. The normalized spacial score (nSPS) is 16.0. The molecule has 1 aromatic heterocycles. The number of benzene rings is 1. The van der Waals surface area contributed by atoms with Crippen LogP contribution < -0.4 is 26.4 Å². The van der Waals surface area contributed by atoms with Gasteiger partial charge in [0.15, 0.2) is 5.82 Å². The number of nitriles is 1. The molecule has 3 rings (SSSR count). The van der Waals surface area contributed by atoms with Crippen molar-refractivity contribution < 1.29 is 9.53 Å². The Morgan fingerprint density at radius 3 is 2.62 bits per heavy atom. The highest BCUT2D eigenvalue weighted by Crippen LogP contribution is 2.28. The molecule has 32 heavy (non-hydrogen) atoms. The minimum Gasteiger partial charge on any atom is -0.497 e. The van der Waals surface area contributed by atoms with Crippen LogP contribution in [0.5, 0.6) is 5.75 Å². The molecule has 2 heterocycles. The first-order valence-corrected chi connectivity index (χ1v) is 10.2. The van der Waals surface area contributed by atoms with Crippen molar-refractivity contribution >= 4 is 17.5 Å². The van der Waals surface area contributed by atoms with Crippen LogP contribution in [0.25, 0.3) is 0 Å². The number of nitroso groups, excluding NO2 is 1. The number of methoxy groups -OCH3 is 1. The molecule has 2 aromatic rings. The lowest BCUT2D eigenvalue weighted by atomic mass is 9.86. The smallest absolute Gasteiger partial charge is 0.240 e. The average Bonchev–Trinajstić information content (AvgIpc) is 2.82. The first kappa shape index (κ1) is 22.9. The van der Waals surface area contributed by atoms with Crippen LogP contribution in [0.4, 0.5) is 11.6 Å². The van der Waals surface area contributed by atoms with Gasteiger partial charge in [-0.15, -0.1) is 0 Å². The molecule has 5 N–H and O–H groups in total. The van der Waals surface area contributed by atoms with Crippen LogP contribution in [-0.4, -0.2) is 48.2 Å². The van der Waals surface area contributed by atoms with Crippen LogP contribution in [0, 0.1) is 16.2 Å². The van der Waals surface area contributed by atoms with E-state index in [0.717, 1.165) is 5.56 Å². The minimum atomic E-state index is -1.10. The van der Waals surface area contributed by atoms with Crippen molar-refractivity contribution in [1.82, 2.24) is 15.3 Å². The number of ether oxygens (including phenoxy) is 1. The zero-order valence-electron chi connectivity index (χ0n) is 17.8. The van der Waals surface area contributed by atoms with E-state index in [0.29, 0.717) is 43.9 Å². The van der Waals surface area contributed by atoms with E-state index in [1.165, 1.54) is 6.33 Å². The van der Waals surface area contributed by atoms with Crippen molar-refractivity contribution in [3.8, 4) is 11.8 Å². The molecule has 0 unspecified atom stereocenters. The number of rotatable bonds is 8. The van der Waals surface area contributed by atoms with Gasteiger partial charge in [-0.25, -0.2) is 9.97 Å². The van der Waals surface area contributed by atoms with E-state index in [1.807, 2.05) is 23.1 Å². The SMILES string of the molecule is COc1ccc([C@H](CCN=O)NC(=O)C2(N)CCN(c3ncnc(N)c3C#N)CC2)cc1. The summed E-state index contributed by atoms with van der Waals surface area (Å²) in [6, 6.07) is 8.88. The monoisotopic (exact) mass is 438 g/mol. The second kappa shape index (κ2) is 10.0. The van der Waals surface area contributed by atoms with Gasteiger partial charge in [-0.1, -0.05) is 17.3 Å². The molecule has 0 saturated carbocycles. The lowest BCUT2D eigenvalue weighted by Crippen LogP contribution is -2.60. The number of aromatic nitrogens is 2. The number of hydrogen-bond acceptors (Lipinski definition) is 10. The van der Waals surface area contributed by atoms with Crippen molar-refractivity contribution in [1.29, 1.82) is 5.26 Å². The molecule has 0 spiro atoms. The summed E-state index contributed by atoms with van der Waals surface area (Å²) in [7, 11) is 1.57. The summed E-state index contributed by atoms with van der Waals surface area (Å²) < 4.78 is 5.18. The molecule has 0 bridgehead atoms. The second-order valence-electron chi connectivity index (χ2n) is 7.65. The Bertz CT molecular complexity index is 997. The standard InChI is InChI=1S/C21H26N8O3/c1-32-15-4-2-14(3-5-15)17(6-9-27-31)28-20(30)21(24)7-10-29(11-8-21)19-16(12-22)18(23)25-13-26-19/h2-5,13,17H,6-11,24H2,1H3,(H,28,30)(H2,23,25,26)/t17-/m0/s1. The molecule has 1 amide bonds. The molecule has 1 saturated heterocycles. The van der Waals surface area contributed by atoms with Crippen LogP contribution >= 0.6 is 0 Å². The first-order valence-electron chi connectivity index (χ1n) is 10.2. The highest BCUT2D eigenvalue weighted by Gasteiger charge is 2.39. The third kappa shape index (κ3) is 4.92. The fraction of sp³-hybridized carbons (Fsp3) is 0.429. The molecule has 0 radical (unpaired) electrons.